The molecule has 7 heteroatoms. The lowest BCUT2D eigenvalue weighted by molar-refractivity contribution is -0.120. The number of carbonyl (C=O) groups excluding carboxylic acids is 2. The Kier molecular flexibility index (Phi) is 5.63. The van der Waals surface area contributed by atoms with Crippen molar-refractivity contribution in [3.63, 3.8) is 0 Å². The van der Waals surface area contributed by atoms with Gasteiger partial charge in [0.05, 0.1) is 18.2 Å². The Bertz CT molecular complexity index is 1200. The summed E-state index contributed by atoms with van der Waals surface area (Å²) in [6.07, 6.45) is 0.130. The Balaban J connectivity index is 1.51. The number of rotatable bonds is 6. The summed E-state index contributed by atoms with van der Waals surface area (Å²) in [6, 6.07) is 17.2. The van der Waals surface area contributed by atoms with Crippen LogP contribution in [-0.2, 0) is 9.59 Å². The van der Waals surface area contributed by atoms with E-state index >= 15 is 0 Å². The molecule has 0 fully saturated rings. The summed E-state index contributed by atoms with van der Waals surface area (Å²) in [4.78, 5) is 32.2. The second-order valence-electron chi connectivity index (χ2n) is 7.12. The number of amides is 2. The van der Waals surface area contributed by atoms with Gasteiger partial charge in [-0.1, -0.05) is 48.5 Å². The Labute approximate surface area is 178 Å². The first-order chi connectivity index (χ1) is 14.5. The summed E-state index contributed by atoms with van der Waals surface area (Å²) < 4.78 is 0. The third-order valence-corrected chi connectivity index (χ3v) is 5.63. The molecule has 4 rings (SSSR count). The summed E-state index contributed by atoms with van der Waals surface area (Å²) >= 11 is 1.39. The topological polar surface area (TPSA) is 86.9 Å². The Morgan fingerprint density at radius 3 is 2.60 bits per heavy atom. The van der Waals surface area contributed by atoms with E-state index in [2.05, 4.69) is 26.7 Å². The number of nitrogens with zero attached hydrogens (tertiary/aromatic N) is 1. The average Bonchev–Trinajstić information content (AvgIpc) is 3.30. The number of carbonyl (C=O) groups is 2. The number of benzene rings is 2. The molecule has 0 aliphatic carbocycles. The van der Waals surface area contributed by atoms with Crippen LogP contribution >= 0.6 is 11.3 Å². The van der Waals surface area contributed by atoms with Crippen LogP contribution in [0.5, 0.6) is 0 Å². The van der Waals surface area contributed by atoms with Crippen molar-refractivity contribution in [2.45, 2.75) is 26.3 Å². The minimum atomic E-state index is -0.390. The molecule has 152 valence electrons. The molecule has 2 aromatic heterocycles. The molecule has 0 aliphatic heterocycles. The quantitative estimate of drug-likeness (QED) is 0.420. The van der Waals surface area contributed by atoms with Crippen molar-refractivity contribution < 1.29 is 9.59 Å². The largest absolute Gasteiger partial charge is 0.358 e. The molecule has 6 nitrogen and oxygen atoms in total. The number of anilines is 1. The normalized spacial score (nSPS) is 11.9. The molecule has 0 saturated heterocycles. The number of nitrogens with one attached hydrogen (secondary N) is 3. The zero-order valence-corrected chi connectivity index (χ0v) is 17.5. The van der Waals surface area contributed by atoms with Gasteiger partial charge in [-0.2, -0.15) is 0 Å². The molecular weight excluding hydrogens is 396 g/mol. The second-order valence-corrected chi connectivity index (χ2v) is 7.98. The molecule has 1 atom stereocenters. The molecule has 1 unspecified atom stereocenters. The van der Waals surface area contributed by atoms with Crippen molar-refractivity contribution in [3.8, 4) is 11.3 Å². The minimum absolute atomic E-state index is 0.130. The number of aryl methyl sites for hydroxylation is 1. The number of aromatic amines is 1. The molecule has 2 amide bonds. The van der Waals surface area contributed by atoms with E-state index in [1.807, 2.05) is 60.8 Å². The van der Waals surface area contributed by atoms with Crippen LogP contribution in [0.2, 0.25) is 0 Å². The van der Waals surface area contributed by atoms with E-state index in [9.17, 15) is 9.59 Å². The number of thiazole rings is 1. The van der Waals surface area contributed by atoms with Gasteiger partial charge in [0.1, 0.15) is 0 Å². The fourth-order valence-corrected chi connectivity index (χ4v) is 4.31. The Morgan fingerprint density at radius 2 is 1.83 bits per heavy atom. The number of aromatic nitrogens is 2. The van der Waals surface area contributed by atoms with Crippen molar-refractivity contribution in [3.05, 3.63) is 71.2 Å². The lowest BCUT2D eigenvalue weighted by Crippen LogP contribution is -2.29. The maximum Gasteiger partial charge on any atom is 0.228 e. The minimum Gasteiger partial charge on any atom is -0.358 e. The van der Waals surface area contributed by atoms with E-state index in [4.69, 9.17) is 0 Å². The van der Waals surface area contributed by atoms with E-state index in [0.717, 1.165) is 33.4 Å². The molecule has 0 radical (unpaired) electrons. The number of hydrogen-bond acceptors (Lipinski definition) is 4. The van der Waals surface area contributed by atoms with E-state index in [0.29, 0.717) is 5.13 Å². The first kappa shape index (κ1) is 19.8. The summed E-state index contributed by atoms with van der Waals surface area (Å²) in [7, 11) is 0. The van der Waals surface area contributed by atoms with Gasteiger partial charge in [-0.15, -0.1) is 11.3 Å². The molecule has 30 heavy (non-hydrogen) atoms. The van der Waals surface area contributed by atoms with Gasteiger partial charge in [0, 0.05) is 34.5 Å². The molecule has 3 N–H and O–H groups in total. The van der Waals surface area contributed by atoms with Gasteiger partial charge in [-0.25, -0.2) is 4.98 Å². The van der Waals surface area contributed by atoms with Gasteiger partial charge in [0.15, 0.2) is 5.13 Å². The number of para-hydroxylation sites is 1. The van der Waals surface area contributed by atoms with E-state index in [-0.39, 0.29) is 24.3 Å². The maximum atomic E-state index is 12.7. The van der Waals surface area contributed by atoms with Crippen molar-refractivity contribution >= 4 is 39.2 Å². The predicted octanol–water partition coefficient (Wildman–Crippen LogP) is 4.81. The van der Waals surface area contributed by atoms with Gasteiger partial charge in [-0.05, 0) is 18.6 Å². The number of hydrogen-bond donors (Lipinski definition) is 3. The van der Waals surface area contributed by atoms with Crippen LogP contribution in [0.3, 0.4) is 0 Å². The van der Waals surface area contributed by atoms with E-state index < -0.39 is 0 Å². The highest BCUT2D eigenvalue weighted by Gasteiger charge is 2.19. The van der Waals surface area contributed by atoms with Gasteiger partial charge < -0.3 is 15.6 Å². The maximum absolute atomic E-state index is 12.7. The smallest absolute Gasteiger partial charge is 0.228 e. The van der Waals surface area contributed by atoms with Crippen LogP contribution in [-0.4, -0.2) is 21.8 Å². The monoisotopic (exact) mass is 418 g/mol. The van der Waals surface area contributed by atoms with Gasteiger partial charge in [0.25, 0.3) is 0 Å². The third-order valence-electron chi connectivity index (χ3n) is 4.87. The molecule has 0 saturated carbocycles. The fourth-order valence-electron chi connectivity index (χ4n) is 3.59. The van der Waals surface area contributed by atoms with E-state index in [1.165, 1.54) is 18.3 Å². The Hall–Kier alpha value is -3.45. The SMILES string of the molecule is CC(=O)NC(CC(=O)Nc1nc(-c2c(C)[nH]c3ccccc23)cs1)c1ccccc1. The van der Waals surface area contributed by atoms with E-state index in [1.54, 1.807) is 0 Å². The molecule has 4 aromatic rings. The van der Waals surface area contributed by atoms with Crippen LogP contribution < -0.4 is 10.6 Å². The fraction of sp³-hybridized carbons (Fsp3) is 0.174. The van der Waals surface area contributed by atoms with Crippen molar-refractivity contribution in [2.24, 2.45) is 0 Å². The van der Waals surface area contributed by atoms with Crippen LogP contribution in [0.15, 0.2) is 60.0 Å². The standard InChI is InChI=1S/C23H22N4O2S/c1-14-22(17-10-6-7-11-18(17)24-14)20-13-30-23(26-20)27-21(29)12-19(25-15(2)28)16-8-4-3-5-9-16/h3-11,13,19,24H,12H2,1-2H3,(H,25,28)(H,26,27,29). The molecule has 2 aromatic carbocycles. The molecule has 0 aliphatic rings. The molecule has 0 spiro atoms. The number of H-pyrrole nitrogens is 1. The number of fused-ring (bicyclic) bond motifs is 1. The first-order valence-corrected chi connectivity index (χ1v) is 10.5. The molecule has 2 heterocycles. The van der Waals surface area contributed by atoms with Crippen LogP contribution in [0.25, 0.3) is 22.2 Å². The average molecular weight is 419 g/mol. The van der Waals surface area contributed by atoms with Gasteiger partial charge in [-0.3, -0.25) is 9.59 Å². The highest BCUT2D eigenvalue weighted by molar-refractivity contribution is 7.14. The van der Waals surface area contributed by atoms with Crippen LogP contribution in [0, 0.1) is 6.92 Å². The second kappa shape index (κ2) is 8.51. The molecule has 0 bridgehead atoms. The zero-order valence-electron chi connectivity index (χ0n) is 16.7. The lowest BCUT2D eigenvalue weighted by atomic mass is 10.0. The summed E-state index contributed by atoms with van der Waals surface area (Å²) in [6.45, 7) is 3.47. The van der Waals surface area contributed by atoms with Crippen molar-refractivity contribution in [2.75, 3.05) is 5.32 Å². The van der Waals surface area contributed by atoms with Crippen molar-refractivity contribution in [1.29, 1.82) is 0 Å². The zero-order chi connectivity index (χ0) is 21.1. The molecular formula is C23H22N4O2S. The first-order valence-electron chi connectivity index (χ1n) is 9.66. The van der Waals surface area contributed by atoms with Gasteiger partial charge >= 0.3 is 0 Å². The van der Waals surface area contributed by atoms with Crippen molar-refractivity contribution in [1.82, 2.24) is 15.3 Å². The highest BCUT2D eigenvalue weighted by Crippen LogP contribution is 2.34. The van der Waals surface area contributed by atoms with Gasteiger partial charge in [0.2, 0.25) is 11.8 Å². The predicted molar refractivity (Wildman–Crippen MR) is 120 cm³/mol. The highest BCUT2D eigenvalue weighted by atomic mass is 32.1. The third kappa shape index (κ3) is 4.26. The summed E-state index contributed by atoms with van der Waals surface area (Å²) in [5.74, 6) is -0.378. The Morgan fingerprint density at radius 1 is 1.10 bits per heavy atom. The lowest BCUT2D eigenvalue weighted by Gasteiger charge is -2.17. The summed E-state index contributed by atoms with van der Waals surface area (Å²) in [5.41, 5.74) is 4.85. The van der Waals surface area contributed by atoms with Crippen LogP contribution in [0.1, 0.15) is 30.6 Å². The van der Waals surface area contributed by atoms with Crippen LogP contribution in [0.4, 0.5) is 5.13 Å². The summed E-state index contributed by atoms with van der Waals surface area (Å²) in [5, 5.41) is 9.31.